The molecule has 132 valence electrons. The van der Waals surface area contributed by atoms with Crippen LogP contribution in [0.5, 0.6) is 0 Å². The summed E-state index contributed by atoms with van der Waals surface area (Å²) in [5.74, 6) is 0.791. The molecular weight excluding hydrogens is 370 g/mol. The summed E-state index contributed by atoms with van der Waals surface area (Å²) in [4.78, 5) is 0. The number of rotatable bonds is 5. The number of benzene rings is 2. The van der Waals surface area contributed by atoms with Gasteiger partial charge in [-0.25, -0.2) is 0 Å². The number of hydrogen-bond donors (Lipinski definition) is 1. The van der Waals surface area contributed by atoms with Gasteiger partial charge >= 0.3 is 0 Å². The molecule has 3 fully saturated rings. The Morgan fingerprint density at radius 3 is 2.28 bits per heavy atom. The summed E-state index contributed by atoms with van der Waals surface area (Å²) >= 11 is 3.59. The van der Waals surface area contributed by atoms with E-state index in [2.05, 4.69) is 82.8 Å². The van der Waals surface area contributed by atoms with Gasteiger partial charge in [0.15, 0.2) is 0 Å². The van der Waals surface area contributed by atoms with E-state index in [0.717, 1.165) is 12.5 Å². The van der Waals surface area contributed by atoms with Gasteiger partial charge in [0, 0.05) is 16.6 Å². The van der Waals surface area contributed by atoms with Gasteiger partial charge in [-0.1, -0.05) is 71.7 Å². The molecule has 2 bridgehead atoms. The van der Waals surface area contributed by atoms with E-state index >= 15 is 0 Å². The van der Waals surface area contributed by atoms with Gasteiger partial charge in [-0.3, -0.25) is 0 Å². The minimum atomic E-state index is 0.355. The van der Waals surface area contributed by atoms with Crippen molar-refractivity contribution < 1.29 is 0 Å². The highest BCUT2D eigenvalue weighted by Crippen LogP contribution is 2.57. The zero-order valence-corrected chi connectivity index (χ0v) is 16.7. The second-order valence-electron chi connectivity index (χ2n) is 8.09. The molecule has 1 unspecified atom stereocenters. The van der Waals surface area contributed by atoms with Crippen molar-refractivity contribution in [2.45, 2.75) is 62.9 Å². The van der Waals surface area contributed by atoms with Gasteiger partial charge in [0.2, 0.25) is 0 Å². The van der Waals surface area contributed by atoms with Crippen molar-refractivity contribution in [1.82, 2.24) is 5.32 Å². The Morgan fingerprint density at radius 2 is 1.64 bits per heavy atom. The van der Waals surface area contributed by atoms with Crippen LogP contribution in [0.2, 0.25) is 0 Å². The van der Waals surface area contributed by atoms with Crippen molar-refractivity contribution in [3.05, 3.63) is 70.2 Å². The molecule has 0 spiro atoms. The first-order valence-electron chi connectivity index (χ1n) is 9.71. The summed E-state index contributed by atoms with van der Waals surface area (Å²) in [6.45, 7) is 3.39. The SMILES string of the molecule is CCC1CC2(NCc3ccccc3)CCC1(c1ccc(Br)cc1)CC2. The maximum atomic E-state index is 3.97. The summed E-state index contributed by atoms with van der Waals surface area (Å²) in [5, 5.41) is 3.97. The topological polar surface area (TPSA) is 12.0 Å². The zero-order valence-electron chi connectivity index (χ0n) is 15.1. The van der Waals surface area contributed by atoms with Crippen LogP contribution in [-0.4, -0.2) is 5.54 Å². The van der Waals surface area contributed by atoms with E-state index in [-0.39, 0.29) is 0 Å². The lowest BCUT2D eigenvalue weighted by Crippen LogP contribution is -2.59. The van der Waals surface area contributed by atoms with Crippen LogP contribution in [0.4, 0.5) is 0 Å². The second-order valence-corrected chi connectivity index (χ2v) is 9.01. The molecule has 0 aromatic heterocycles. The highest BCUT2D eigenvalue weighted by Gasteiger charge is 2.53. The summed E-state index contributed by atoms with van der Waals surface area (Å²) < 4.78 is 1.19. The van der Waals surface area contributed by atoms with E-state index in [1.165, 1.54) is 48.6 Å². The Bertz CT molecular complexity index is 699. The van der Waals surface area contributed by atoms with Gasteiger partial charge in [-0.2, -0.15) is 0 Å². The first-order valence-corrected chi connectivity index (χ1v) is 10.5. The lowest BCUT2D eigenvalue weighted by molar-refractivity contribution is 0.0149. The van der Waals surface area contributed by atoms with Crippen LogP contribution in [0.1, 0.15) is 56.6 Å². The molecule has 2 aromatic carbocycles. The third-order valence-corrected chi connectivity index (χ3v) is 7.47. The molecule has 0 heterocycles. The Labute approximate surface area is 160 Å². The predicted octanol–water partition coefficient (Wildman–Crippen LogP) is 6.22. The summed E-state index contributed by atoms with van der Waals surface area (Å²) in [6, 6.07) is 20.0. The van der Waals surface area contributed by atoms with Crippen LogP contribution in [-0.2, 0) is 12.0 Å². The fraction of sp³-hybridized carbons (Fsp3) is 0.478. The Kier molecular flexibility index (Phi) is 4.77. The molecule has 3 aliphatic rings. The summed E-state index contributed by atoms with van der Waals surface area (Å²) in [6.07, 6.45) is 7.89. The van der Waals surface area contributed by atoms with Crippen molar-refractivity contribution in [3.8, 4) is 0 Å². The Balaban J connectivity index is 1.53. The number of hydrogen-bond acceptors (Lipinski definition) is 1. The minimum Gasteiger partial charge on any atom is -0.307 e. The maximum Gasteiger partial charge on any atom is 0.0210 e. The Hall–Kier alpha value is -1.12. The van der Waals surface area contributed by atoms with Gasteiger partial charge in [0.05, 0.1) is 0 Å². The zero-order chi connectivity index (χ0) is 17.3. The molecule has 2 aromatic rings. The molecule has 1 atom stereocenters. The molecule has 2 heteroatoms. The number of fused-ring (bicyclic) bond motifs is 3. The molecule has 3 saturated carbocycles. The molecule has 1 N–H and O–H groups in total. The van der Waals surface area contributed by atoms with E-state index < -0.39 is 0 Å². The highest BCUT2D eigenvalue weighted by atomic mass is 79.9. The van der Waals surface area contributed by atoms with Crippen LogP contribution in [0.15, 0.2) is 59.1 Å². The number of halogens is 1. The largest absolute Gasteiger partial charge is 0.307 e. The van der Waals surface area contributed by atoms with Crippen molar-refractivity contribution in [1.29, 1.82) is 0 Å². The molecule has 3 aliphatic carbocycles. The molecule has 5 rings (SSSR count). The molecule has 0 radical (unpaired) electrons. The van der Waals surface area contributed by atoms with E-state index in [9.17, 15) is 0 Å². The molecule has 0 amide bonds. The minimum absolute atomic E-state index is 0.355. The normalized spacial score (nSPS) is 31.2. The van der Waals surface area contributed by atoms with Crippen LogP contribution in [0.25, 0.3) is 0 Å². The molecule has 0 saturated heterocycles. The van der Waals surface area contributed by atoms with Crippen LogP contribution >= 0.6 is 15.9 Å². The van der Waals surface area contributed by atoms with Crippen molar-refractivity contribution >= 4 is 15.9 Å². The van der Waals surface area contributed by atoms with Crippen molar-refractivity contribution in [2.75, 3.05) is 0 Å². The van der Waals surface area contributed by atoms with Crippen molar-refractivity contribution in [2.24, 2.45) is 5.92 Å². The standard InChI is InChI=1S/C23H28BrN/c1-2-19-16-22(25-17-18-6-4-3-5-7-18)12-14-23(19,15-13-22)20-8-10-21(24)11-9-20/h3-11,19,25H,2,12-17H2,1H3. The third kappa shape index (κ3) is 3.19. The highest BCUT2D eigenvalue weighted by molar-refractivity contribution is 9.10. The fourth-order valence-electron chi connectivity index (χ4n) is 5.43. The second kappa shape index (κ2) is 6.89. The van der Waals surface area contributed by atoms with E-state index in [4.69, 9.17) is 0 Å². The van der Waals surface area contributed by atoms with Crippen molar-refractivity contribution in [3.63, 3.8) is 0 Å². The molecular formula is C23H28BrN. The van der Waals surface area contributed by atoms with E-state index in [1.807, 2.05) is 0 Å². The fourth-order valence-corrected chi connectivity index (χ4v) is 5.69. The van der Waals surface area contributed by atoms with Gasteiger partial charge in [-0.15, -0.1) is 0 Å². The quantitative estimate of drug-likeness (QED) is 0.631. The first-order chi connectivity index (χ1) is 12.2. The smallest absolute Gasteiger partial charge is 0.0210 e. The van der Waals surface area contributed by atoms with Crippen LogP contribution in [0, 0.1) is 5.92 Å². The number of nitrogens with one attached hydrogen (secondary N) is 1. The monoisotopic (exact) mass is 397 g/mol. The van der Waals surface area contributed by atoms with Gasteiger partial charge in [0.1, 0.15) is 0 Å². The van der Waals surface area contributed by atoms with Gasteiger partial charge in [0.25, 0.3) is 0 Å². The Morgan fingerprint density at radius 1 is 0.960 bits per heavy atom. The molecule has 1 nitrogen and oxygen atoms in total. The summed E-state index contributed by atoms with van der Waals surface area (Å²) in [5.41, 5.74) is 3.73. The van der Waals surface area contributed by atoms with E-state index in [0.29, 0.717) is 11.0 Å². The van der Waals surface area contributed by atoms with Gasteiger partial charge < -0.3 is 5.32 Å². The molecule has 25 heavy (non-hydrogen) atoms. The van der Waals surface area contributed by atoms with Crippen LogP contribution in [0.3, 0.4) is 0 Å². The van der Waals surface area contributed by atoms with Crippen LogP contribution < -0.4 is 5.32 Å². The molecule has 0 aliphatic heterocycles. The first kappa shape index (κ1) is 17.3. The third-order valence-electron chi connectivity index (χ3n) is 6.94. The van der Waals surface area contributed by atoms with E-state index in [1.54, 1.807) is 5.56 Å². The lowest BCUT2D eigenvalue weighted by Gasteiger charge is -2.58. The average Bonchev–Trinajstić information content (AvgIpc) is 2.68. The predicted molar refractivity (Wildman–Crippen MR) is 109 cm³/mol. The maximum absolute atomic E-state index is 3.97. The average molecular weight is 398 g/mol. The lowest BCUT2D eigenvalue weighted by atomic mass is 9.49. The van der Waals surface area contributed by atoms with Gasteiger partial charge in [-0.05, 0) is 66.7 Å². The summed E-state index contributed by atoms with van der Waals surface area (Å²) in [7, 11) is 0.